The summed E-state index contributed by atoms with van der Waals surface area (Å²) in [7, 11) is 1.51. The molecule has 0 spiro atoms. The fraction of sp³-hybridized carbons (Fsp3) is 0.238. The van der Waals surface area contributed by atoms with Crippen LogP contribution in [0.5, 0.6) is 17.2 Å². The fourth-order valence-electron chi connectivity index (χ4n) is 4.15. The standard InChI is InChI=1S/C21H18FN3O5/c1-29-11-2-3-16-15(6-11)25-9-13(21(27)28)19(26)12-7-14(22)18(20(30-16)17(12)25)24-5-4-10(23)8-24/h2-3,6-7,9-10H,4-5,8,23H2,1H3,(H,27,28)/t10-/m0/s1. The molecule has 2 aromatic carbocycles. The molecule has 1 saturated heterocycles. The van der Waals surface area contributed by atoms with Crippen molar-refractivity contribution in [2.45, 2.75) is 12.5 Å². The van der Waals surface area contributed by atoms with E-state index in [2.05, 4.69) is 0 Å². The molecule has 9 heteroatoms. The zero-order valence-corrected chi connectivity index (χ0v) is 16.0. The van der Waals surface area contributed by atoms with E-state index in [9.17, 15) is 14.7 Å². The van der Waals surface area contributed by atoms with Gasteiger partial charge in [-0.25, -0.2) is 9.18 Å². The number of hydrogen-bond donors (Lipinski definition) is 2. The van der Waals surface area contributed by atoms with Crippen LogP contribution in [0.25, 0.3) is 16.6 Å². The van der Waals surface area contributed by atoms with Crippen LogP contribution in [-0.2, 0) is 0 Å². The van der Waals surface area contributed by atoms with Gasteiger partial charge in [-0.15, -0.1) is 0 Å². The molecule has 1 fully saturated rings. The molecule has 0 amide bonds. The molecular formula is C21H18FN3O5. The lowest BCUT2D eigenvalue weighted by Gasteiger charge is -2.29. The van der Waals surface area contributed by atoms with Crippen molar-refractivity contribution in [1.82, 2.24) is 4.57 Å². The number of aromatic carboxylic acids is 1. The second-order valence-corrected chi connectivity index (χ2v) is 7.41. The molecule has 30 heavy (non-hydrogen) atoms. The maximum atomic E-state index is 15.2. The first-order chi connectivity index (χ1) is 14.4. The first kappa shape index (κ1) is 18.4. The SMILES string of the molecule is COc1ccc2c(c1)-n1cc(C(=O)O)c(=O)c3cc(F)c(N4CC[C@H](N)C4)c(c31)O2. The maximum Gasteiger partial charge on any atom is 0.341 e. The van der Waals surface area contributed by atoms with E-state index in [1.165, 1.54) is 13.3 Å². The summed E-state index contributed by atoms with van der Waals surface area (Å²) in [6, 6.07) is 6.00. The maximum absolute atomic E-state index is 15.2. The lowest BCUT2D eigenvalue weighted by atomic mass is 10.1. The van der Waals surface area contributed by atoms with Crippen molar-refractivity contribution >= 4 is 22.6 Å². The zero-order valence-electron chi connectivity index (χ0n) is 16.0. The number of fused-ring (bicyclic) bond motifs is 2. The van der Waals surface area contributed by atoms with Crippen LogP contribution >= 0.6 is 0 Å². The van der Waals surface area contributed by atoms with Crippen LogP contribution in [0.2, 0.25) is 0 Å². The van der Waals surface area contributed by atoms with Crippen molar-refractivity contribution in [3.8, 4) is 22.9 Å². The van der Waals surface area contributed by atoms with Crippen molar-refractivity contribution < 1.29 is 23.8 Å². The molecule has 0 aliphatic carbocycles. The highest BCUT2D eigenvalue weighted by Gasteiger charge is 2.32. The van der Waals surface area contributed by atoms with Crippen molar-refractivity contribution in [3.63, 3.8) is 0 Å². The van der Waals surface area contributed by atoms with Gasteiger partial charge in [-0.05, 0) is 24.6 Å². The van der Waals surface area contributed by atoms with E-state index in [1.807, 2.05) is 0 Å². The summed E-state index contributed by atoms with van der Waals surface area (Å²) >= 11 is 0. The van der Waals surface area contributed by atoms with E-state index >= 15 is 4.39 Å². The molecule has 3 aromatic rings. The molecule has 0 bridgehead atoms. The molecule has 3 N–H and O–H groups in total. The van der Waals surface area contributed by atoms with E-state index < -0.39 is 22.8 Å². The van der Waals surface area contributed by atoms with E-state index in [-0.39, 0.29) is 22.9 Å². The van der Waals surface area contributed by atoms with E-state index in [0.29, 0.717) is 42.2 Å². The number of halogens is 1. The minimum atomic E-state index is -1.39. The highest BCUT2D eigenvalue weighted by Crippen LogP contribution is 2.47. The molecule has 8 nitrogen and oxygen atoms in total. The van der Waals surface area contributed by atoms with Gasteiger partial charge >= 0.3 is 5.97 Å². The van der Waals surface area contributed by atoms with Crippen molar-refractivity contribution in [2.24, 2.45) is 5.73 Å². The summed E-state index contributed by atoms with van der Waals surface area (Å²) in [4.78, 5) is 26.3. The molecule has 0 radical (unpaired) electrons. The summed E-state index contributed by atoms with van der Waals surface area (Å²) in [5.41, 5.74) is 5.79. The average molecular weight is 411 g/mol. The molecule has 3 heterocycles. The number of rotatable bonds is 3. The number of aromatic nitrogens is 1. The first-order valence-electron chi connectivity index (χ1n) is 9.41. The summed E-state index contributed by atoms with van der Waals surface area (Å²) in [6.07, 6.45) is 1.95. The third-order valence-electron chi connectivity index (χ3n) is 5.58. The monoisotopic (exact) mass is 411 g/mol. The van der Waals surface area contributed by atoms with Crippen LogP contribution in [0.4, 0.5) is 10.1 Å². The van der Waals surface area contributed by atoms with Gasteiger partial charge in [-0.1, -0.05) is 0 Å². The molecule has 2 aliphatic heterocycles. The predicted octanol–water partition coefficient (Wildman–Crippen LogP) is 2.48. The average Bonchev–Trinajstić information content (AvgIpc) is 3.14. The number of anilines is 1. The van der Waals surface area contributed by atoms with Gasteiger partial charge in [0.2, 0.25) is 5.43 Å². The molecule has 0 saturated carbocycles. The third kappa shape index (κ3) is 2.55. The van der Waals surface area contributed by atoms with Crippen LogP contribution < -0.4 is 25.5 Å². The Kier molecular flexibility index (Phi) is 3.97. The van der Waals surface area contributed by atoms with Crippen LogP contribution in [0.1, 0.15) is 16.8 Å². The smallest absolute Gasteiger partial charge is 0.341 e. The third-order valence-corrected chi connectivity index (χ3v) is 5.58. The van der Waals surface area contributed by atoms with Gasteiger partial charge in [0.05, 0.1) is 18.2 Å². The Balaban J connectivity index is 1.90. The Labute approximate surface area is 169 Å². The molecular weight excluding hydrogens is 393 g/mol. The fourth-order valence-corrected chi connectivity index (χ4v) is 4.15. The van der Waals surface area contributed by atoms with Crippen LogP contribution in [0.3, 0.4) is 0 Å². The van der Waals surface area contributed by atoms with Crippen LogP contribution in [-0.4, -0.2) is 41.9 Å². The molecule has 1 atom stereocenters. The highest BCUT2D eigenvalue weighted by molar-refractivity contribution is 5.99. The van der Waals surface area contributed by atoms with E-state index in [0.717, 1.165) is 6.07 Å². The summed E-state index contributed by atoms with van der Waals surface area (Å²) in [5.74, 6) is -0.962. The largest absolute Gasteiger partial charge is 0.497 e. The Morgan fingerprint density at radius 3 is 2.83 bits per heavy atom. The second-order valence-electron chi connectivity index (χ2n) is 7.41. The number of carbonyl (C=O) groups is 1. The summed E-state index contributed by atoms with van der Waals surface area (Å²) in [5, 5.41) is 9.46. The van der Waals surface area contributed by atoms with E-state index in [4.69, 9.17) is 15.2 Å². The number of nitrogens with zero attached hydrogens (tertiary/aromatic N) is 2. The van der Waals surface area contributed by atoms with Crippen molar-refractivity contribution in [1.29, 1.82) is 0 Å². The Morgan fingerprint density at radius 1 is 1.37 bits per heavy atom. The predicted molar refractivity (Wildman–Crippen MR) is 108 cm³/mol. The number of methoxy groups -OCH3 is 1. The lowest BCUT2D eigenvalue weighted by molar-refractivity contribution is 0.0695. The van der Waals surface area contributed by atoms with Gasteiger partial charge in [-0.2, -0.15) is 0 Å². The number of carboxylic acid groups (broad SMARTS) is 1. The minimum absolute atomic E-state index is 0.0666. The van der Waals surface area contributed by atoms with Gasteiger partial charge < -0.3 is 29.8 Å². The summed E-state index contributed by atoms with van der Waals surface area (Å²) in [6.45, 7) is 0.999. The van der Waals surface area contributed by atoms with Gasteiger partial charge in [0.25, 0.3) is 0 Å². The Bertz CT molecular complexity index is 1290. The van der Waals surface area contributed by atoms with Gasteiger partial charge in [-0.3, -0.25) is 4.79 Å². The molecule has 1 aromatic heterocycles. The number of carboxylic acids is 1. The highest BCUT2D eigenvalue weighted by atomic mass is 19.1. The lowest BCUT2D eigenvalue weighted by Crippen LogP contribution is -2.28. The van der Waals surface area contributed by atoms with Crippen LogP contribution in [0.15, 0.2) is 35.3 Å². The molecule has 2 aliphatic rings. The van der Waals surface area contributed by atoms with Crippen molar-refractivity contribution in [2.75, 3.05) is 25.1 Å². The molecule has 0 unspecified atom stereocenters. The number of nitrogens with two attached hydrogens (primary N) is 1. The Hall–Kier alpha value is -3.59. The first-order valence-corrected chi connectivity index (χ1v) is 9.41. The quantitative estimate of drug-likeness (QED) is 0.533. The van der Waals surface area contributed by atoms with Gasteiger partial charge in [0.15, 0.2) is 17.3 Å². The number of hydrogen-bond acceptors (Lipinski definition) is 6. The van der Waals surface area contributed by atoms with Gasteiger partial charge in [0.1, 0.15) is 22.5 Å². The zero-order chi connectivity index (χ0) is 21.2. The Morgan fingerprint density at radius 2 is 2.17 bits per heavy atom. The number of benzene rings is 2. The normalized spacial score (nSPS) is 17.0. The number of ether oxygens (including phenoxy) is 2. The van der Waals surface area contributed by atoms with Gasteiger partial charge in [0, 0.05) is 31.4 Å². The van der Waals surface area contributed by atoms with Crippen LogP contribution in [0, 0.1) is 5.82 Å². The second kappa shape index (κ2) is 6.46. The topological polar surface area (TPSA) is 107 Å². The van der Waals surface area contributed by atoms with Crippen molar-refractivity contribution in [3.05, 3.63) is 52.1 Å². The minimum Gasteiger partial charge on any atom is -0.497 e. The summed E-state index contributed by atoms with van der Waals surface area (Å²) < 4.78 is 28.1. The molecule has 154 valence electrons. The molecule has 5 rings (SSSR count). The van der Waals surface area contributed by atoms with E-state index in [1.54, 1.807) is 27.7 Å². The number of pyridine rings is 1.